The summed E-state index contributed by atoms with van der Waals surface area (Å²) in [5.41, 5.74) is 0.330. The fourth-order valence-corrected chi connectivity index (χ4v) is 2.86. The molecule has 0 aliphatic rings. The van der Waals surface area contributed by atoms with Crippen molar-refractivity contribution in [3.8, 4) is 0 Å². The Morgan fingerprint density at radius 1 is 1.44 bits per heavy atom. The average molecular weight is 294 g/mol. The topological polar surface area (TPSA) is 63.2 Å². The van der Waals surface area contributed by atoms with Crippen LogP contribution in [0.1, 0.15) is 18.4 Å². The van der Waals surface area contributed by atoms with Gasteiger partial charge < -0.3 is 0 Å². The van der Waals surface area contributed by atoms with Crippen LogP contribution in [-0.4, -0.2) is 20.2 Å². The van der Waals surface area contributed by atoms with Gasteiger partial charge in [-0.05, 0) is 48.7 Å². The molecule has 0 radical (unpaired) electrons. The fraction of sp³-hybridized carbons (Fsp3) is 0.364. The van der Waals surface area contributed by atoms with Crippen molar-refractivity contribution < 1.29 is 17.6 Å². The van der Waals surface area contributed by atoms with Crippen molar-refractivity contribution in [2.24, 2.45) is 0 Å². The highest BCUT2D eigenvalue weighted by molar-refractivity contribution is 7.89. The maximum atomic E-state index is 12.9. The zero-order chi connectivity index (χ0) is 13.8. The first-order valence-corrected chi connectivity index (χ1v) is 7.13. The van der Waals surface area contributed by atoms with Crippen LogP contribution in [-0.2, 0) is 14.8 Å². The molecule has 1 aromatic rings. The third-order valence-electron chi connectivity index (χ3n) is 2.27. The highest BCUT2D eigenvalue weighted by Crippen LogP contribution is 2.15. The van der Waals surface area contributed by atoms with Crippen LogP contribution in [0.4, 0.5) is 4.39 Å². The van der Waals surface area contributed by atoms with E-state index in [9.17, 15) is 17.6 Å². The second-order valence-electron chi connectivity index (χ2n) is 3.77. The van der Waals surface area contributed by atoms with Crippen molar-refractivity contribution >= 4 is 26.9 Å². The summed E-state index contributed by atoms with van der Waals surface area (Å²) in [5, 5.41) is -0.507. The minimum absolute atomic E-state index is 0.0288. The van der Waals surface area contributed by atoms with Crippen molar-refractivity contribution in [1.29, 1.82) is 0 Å². The quantitative estimate of drug-likeness (QED) is 0.644. The summed E-state index contributed by atoms with van der Waals surface area (Å²) in [4.78, 5) is 10.5. The third-order valence-corrected chi connectivity index (χ3v) is 4.08. The molecule has 1 rings (SSSR count). The van der Waals surface area contributed by atoms with Gasteiger partial charge in [-0.25, -0.2) is 17.5 Å². The zero-order valence-corrected chi connectivity index (χ0v) is 11.3. The van der Waals surface area contributed by atoms with Gasteiger partial charge in [0.1, 0.15) is 5.82 Å². The molecule has 0 heterocycles. The van der Waals surface area contributed by atoms with Gasteiger partial charge in [-0.15, -0.1) is 0 Å². The summed E-state index contributed by atoms with van der Waals surface area (Å²) in [6.45, 7) is 1.62. The first kappa shape index (κ1) is 15.1. The van der Waals surface area contributed by atoms with Crippen LogP contribution in [0.5, 0.6) is 0 Å². The molecule has 0 saturated carbocycles. The van der Waals surface area contributed by atoms with Gasteiger partial charge in [-0.1, -0.05) is 0 Å². The summed E-state index contributed by atoms with van der Waals surface area (Å²) >= 11 is 5.13. The average Bonchev–Trinajstić information content (AvgIpc) is 2.23. The van der Waals surface area contributed by atoms with E-state index >= 15 is 0 Å². The van der Waals surface area contributed by atoms with Gasteiger partial charge >= 0.3 is 0 Å². The number of aryl methyl sites for hydroxylation is 1. The summed E-state index contributed by atoms with van der Waals surface area (Å²) < 4.78 is 38.9. The van der Waals surface area contributed by atoms with Crippen LogP contribution in [0.3, 0.4) is 0 Å². The monoisotopic (exact) mass is 293 g/mol. The van der Waals surface area contributed by atoms with Gasteiger partial charge in [0.2, 0.25) is 15.3 Å². The number of halogens is 2. The molecule has 0 spiro atoms. The van der Waals surface area contributed by atoms with Gasteiger partial charge in [0, 0.05) is 13.0 Å². The number of nitrogens with one attached hydrogen (secondary N) is 1. The molecule has 18 heavy (non-hydrogen) atoms. The predicted octanol–water partition coefficient (Wildman–Crippen LogP) is 1.96. The molecule has 0 atom stereocenters. The molecule has 0 bridgehead atoms. The lowest BCUT2D eigenvalue weighted by atomic mass is 10.2. The van der Waals surface area contributed by atoms with Gasteiger partial charge in [0.05, 0.1) is 4.90 Å². The van der Waals surface area contributed by atoms with E-state index in [0.29, 0.717) is 12.0 Å². The molecule has 4 nitrogen and oxygen atoms in total. The molecule has 0 fully saturated rings. The molecule has 1 N–H and O–H groups in total. The minimum atomic E-state index is -3.68. The third kappa shape index (κ3) is 4.36. The molecular formula is C11H13ClFNO3S. The van der Waals surface area contributed by atoms with E-state index in [1.54, 1.807) is 0 Å². The van der Waals surface area contributed by atoms with Gasteiger partial charge in [-0.2, -0.15) is 0 Å². The van der Waals surface area contributed by atoms with Gasteiger partial charge in [-0.3, -0.25) is 4.79 Å². The van der Waals surface area contributed by atoms with Crippen molar-refractivity contribution in [2.45, 2.75) is 24.7 Å². The highest BCUT2D eigenvalue weighted by atomic mass is 35.5. The van der Waals surface area contributed by atoms with E-state index in [2.05, 4.69) is 4.72 Å². The Morgan fingerprint density at radius 3 is 2.67 bits per heavy atom. The van der Waals surface area contributed by atoms with Crippen molar-refractivity contribution in [1.82, 2.24) is 4.72 Å². The van der Waals surface area contributed by atoms with Crippen LogP contribution in [0, 0.1) is 12.7 Å². The Labute approximate surface area is 110 Å². The standard InChI is InChI=1S/C11H13ClFNO3S/c1-8-7-9(13)4-5-10(8)18(16,17)14-6-2-3-11(12)15/h4-5,7,14H,2-3,6H2,1H3. The normalized spacial score (nSPS) is 11.5. The highest BCUT2D eigenvalue weighted by Gasteiger charge is 2.16. The molecule has 0 aromatic heterocycles. The second-order valence-corrected chi connectivity index (χ2v) is 5.92. The summed E-state index contributed by atoms with van der Waals surface area (Å²) in [5.74, 6) is -0.487. The summed E-state index contributed by atoms with van der Waals surface area (Å²) in [7, 11) is -3.68. The van der Waals surface area contributed by atoms with E-state index in [-0.39, 0.29) is 17.9 Å². The van der Waals surface area contributed by atoms with Crippen LogP contribution in [0.2, 0.25) is 0 Å². The van der Waals surface area contributed by atoms with Crippen LogP contribution in [0.15, 0.2) is 23.1 Å². The van der Waals surface area contributed by atoms with Crippen LogP contribution >= 0.6 is 11.6 Å². The van der Waals surface area contributed by atoms with Crippen molar-refractivity contribution in [2.75, 3.05) is 6.54 Å². The van der Waals surface area contributed by atoms with Crippen molar-refractivity contribution in [3.05, 3.63) is 29.6 Å². The molecule has 100 valence electrons. The first-order chi connectivity index (χ1) is 8.33. The zero-order valence-electron chi connectivity index (χ0n) is 9.74. The molecule has 1 aromatic carbocycles. The number of rotatable bonds is 6. The maximum Gasteiger partial charge on any atom is 0.240 e. The van der Waals surface area contributed by atoms with E-state index in [1.165, 1.54) is 13.0 Å². The number of hydrogen-bond acceptors (Lipinski definition) is 3. The SMILES string of the molecule is Cc1cc(F)ccc1S(=O)(=O)NCCCC(=O)Cl. The molecule has 0 saturated heterocycles. The summed E-state index contributed by atoms with van der Waals surface area (Å²) in [6.07, 6.45) is 0.425. The van der Waals surface area contributed by atoms with E-state index in [0.717, 1.165) is 12.1 Å². The van der Waals surface area contributed by atoms with Gasteiger partial charge in [0.15, 0.2) is 0 Å². The molecule has 0 aliphatic heterocycles. The number of carbonyl (C=O) groups excluding carboxylic acids is 1. The number of sulfonamides is 1. The lowest BCUT2D eigenvalue weighted by Crippen LogP contribution is -2.25. The predicted molar refractivity (Wildman–Crippen MR) is 66.4 cm³/mol. The lowest BCUT2D eigenvalue weighted by Gasteiger charge is -2.08. The molecular weight excluding hydrogens is 281 g/mol. The number of hydrogen-bond donors (Lipinski definition) is 1. The minimum Gasteiger partial charge on any atom is -0.281 e. The molecule has 0 amide bonds. The lowest BCUT2D eigenvalue weighted by molar-refractivity contribution is -0.111. The van der Waals surface area contributed by atoms with Crippen LogP contribution in [0.25, 0.3) is 0 Å². The first-order valence-electron chi connectivity index (χ1n) is 5.27. The summed E-state index contributed by atoms with van der Waals surface area (Å²) in [6, 6.07) is 3.44. The Kier molecular flexibility index (Phi) is 5.25. The Morgan fingerprint density at radius 2 is 2.11 bits per heavy atom. The van der Waals surface area contributed by atoms with Crippen molar-refractivity contribution in [3.63, 3.8) is 0 Å². The van der Waals surface area contributed by atoms with E-state index in [4.69, 9.17) is 11.6 Å². The molecule has 0 aliphatic carbocycles. The van der Waals surface area contributed by atoms with Crippen LogP contribution < -0.4 is 4.72 Å². The Balaban J connectivity index is 2.71. The largest absolute Gasteiger partial charge is 0.281 e. The van der Waals surface area contributed by atoms with E-state index in [1.807, 2.05) is 0 Å². The fourth-order valence-electron chi connectivity index (χ4n) is 1.43. The van der Waals surface area contributed by atoms with E-state index < -0.39 is 21.1 Å². The Bertz CT molecular complexity index is 545. The number of carbonyl (C=O) groups is 1. The number of benzene rings is 1. The second kappa shape index (κ2) is 6.26. The molecule has 7 heteroatoms. The maximum absolute atomic E-state index is 12.9. The van der Waals surface area contributed by atoms with Gasteiger partial charge in [0.25, 0.3) is 0 Å². The molecule has 0 unspecified atom stereocenters. The Hall–Kier alpha value is -0.980. The smallest absolute Gasteiger partial charge is 0.240 e.